The second-order valence-electron chi connectivity index (χ2n) is 3.01. The van der Waals surface area contributed by atoms with Crippen LogP contribution in [0, 0.1) is 0 Å². The molecule has 5 heteroatoms. The summed E-state index contributed by atoms with van der Waals surface area (Å²) >= 11 is 6.74. The minimum atomic E-state index is 0.0158. The van der Waals surface area contributed by atoms with Crippen LogP contribution >= 0.6 is 38.6 Å². The normalized spacial score (nSPS) is 13.1. The lowest BCUT2D eigenvalue weighted by Crippen LogP contribution is -2.04. The molecule has 0 amide bonds. The maximum Gasteiger partial charge on any atom is 0.124 e. The van der Waals surface area contributed by atoms with Gasteiger partial charge >= 0.3 is 0 Å². The van der Waals surface area contributed by atoms with Crippen molar-refractivity contribution in [2.24, 2.45) is 5.73 Å². The number of nitrogens with two attached hydrogens (primary N) is 1. The van der Waals surface area contributed by atoms with Crippen molar-refractivity contribution in [2.75, 3.05) is 0 Å². The molecule has 2 heterocycles. The molecule has 0 fully saturated rings. The highest BCUT2D eigenvalue weighted by Gasteiger charge is 2.08. The number of thiophene rings is 1. The minimum Gasteiger partial charge on any atom is -0.323 e. The molecule has 2 rings (SSSR count). The van der Waals surface area contributed by atoms with Gasteiger partial charge in [0, 0.05) is 22.4 Å². The van der Waals surface area contributed by atoms with E-state index >= 15 is 0 Å². The quantitative estimate of drug-likeness (QED) is 0.916. The SMILES string of the molecule is CC(N)c1csc(-c2csc(Br)c2)n1. The van der Waals surface area contributed by atoms with Gasteiger partial charge in [0.25, 0.3) is 0 Å². The van der Waals surface area contributed by atoms with E-state index in [0.717, 1.165) is 14.5 Å². The summed E-state index contributed by atoms with van der Waals surface area (Å²) in [6, 6.07) is 2.09. The number of nitrogens with zero attached hydrogens (tertiary/aromatic N) is 1. The van der Waals surface area contributed by atoms with Crippen LogP contribution in [0.3, 0.4) is 0 Å². The lowest BCUT2D eigenvalue weighted by atomic mass is 10.3. The van der Waals surface area contributed by atoms with Crippen molar-refractivity contribution in [3.63, 3.8) is 0 Å². The van der Waals surface area contributed by atoms with Gasteiger partial charge in [0.15, 0.2) is 0 Å². The topological polar surface area (TPSA) is 38.9 Å². The summed E-state index contributed by atoms with van der Waals surface area (Å²) in [5.74, 6) is 0. The van der Waals surface area contributed by atoms with E-state index in [9.17, 15) is 0 Å². The van der Waals surface area contributed by atoms with E-state index < -0.39 is 0 Å². The van der Waals surface area contributed by atoms with Crippen LogP contribution < -0.4 is 5.73 Å². The van der Waals surface area contributed by atoms with E-state index in [2.05, 4.69) is 32.4 Å². The summed E-state index contributed by atoms with van der Waals surface area (Å²) in [4.78, 5) is 4.47. The first-order valence-corrected chi connectivity index (χ1v) is 6.67. The molecule has 0 aromatic carbocycles. The predicted molar refractivity (Wildman–Crippen MR) is 65.7 cm³/mol. The van der Waals surface area contributed by atoms with Gasteiger partial charge in [0.05, 0.1) is 9.48 Å². The molecular formula is C9H9BrN2S2. The second-order valence-corrected chi connectivity index (χ2v) is 6.15. The lowest BCUT2D eigenvalue weighted by Gasteiger charge is -1.96. The van der Waals surface area contributed by atoms with Crippen LogP contribution in [0.25, 0.3) is 10.6 Å². The highest BCUT2D eigenvalue weighted by atomic mass is 79.9. The minimum absolute atomic E-state index is 0.0158. The maximum absolute atomic E-state index is 5.75. The molecule has 0 radical (unpaired) electrons. The molecule has 74 valence electrons. The van der Waals surface area contributed by atoms with Crippen LogP contribution in [-0.2, 0) is 0 Å². The number of halogens is 1. The molecule has 1 atom stereocenters. The largest absolute Gasteiger partial charge is 0.323 e. The Balaban J connectivity index is 2.33. The van der Waals surface area contributed by atoms with E-state index in [1.54, 1.807) is 22.7 Å². The summed E-state index contributed by atoms with van der Waals surface area (Å²) in [6.07, 6.45) is 0. The van der Waals surface area contributed by atoms with E-state index in [1.165, 1.54) is 5.56 Å². The van der Waals surface area contributed by atoms with Crippen molar-refractivity contribution in [3.05, 3.63) is 26.3 Å². The molecule has 0 saturated carbocycles. The van der Waals surface area contributed by atoms with Crippen LogP contribution in [0.4, 0.5) is 0 Å². The molecule has 0 aliphatic rings. The van der Waals surface area contributed by atoms with Gasteiger partial charge < -0.3 is 5.73 Å². The molecule has 2 aromatic rings. The molecule has 1 unspecified atom stereocenters. The zero-order valence-corrected chi connectivity index (χ0v) is 10.7. The van der Waals surface area contributed by atoms with Crippen molar-refractivity contribution in [1.29, 1.82) is 0 Å². The van der Waals surface area contributed by atoms with E-state index in [0.29, 0.717) is 0 Å². The molecule has 2 nitrogen and oxygen atoms in total. The third kappa shape index (κ3) is 2.06. The van der Waals surface area contributed by atoms with Crippen LogP contribution in [0.1, 0.15) is 18.7 Å². The zero-order valence-electron chi connectivity index (χ0n) is 7.53. The molecule has 2 N–H and O–H groups in total. The average Bonchev–Trinajstić information content (AvgIpc) is 2.70. The fraction of sp³-hybridized carbons (Fsp3) is 0.222. The Morgan fingerprint density at radius 1 is 1.43 bits per heavy atom. The third-order valence-corrected chi connectivity index (χ3v) is 4.22. The lowest BCUT2D eigenvalue weighted by molar-refractivity contribution is 0.790. The average molecular weight is 289 g/mol. The first kappa shape index (κ1) is 10.3. The third-order valence-electron chi connectivity index (χ3n) is 1.80. The highest BCUT2D eigenvalue weighted by molar-refractivity contribution is 9.11. The summed E-state index contributed by atoms with van der Waals surface area (Å²) < 4.78 is 1.13. The Labute approximate surface area is 98.9 Å². The zero-order chi connectivity index (χ0) is 10.1. The Kier molecular flexibility index (Phi) is 3.02. The standard InChI is InChI=1S/C9H9BrN2S2/c1-5(11)7-4-14-9(12-7)6-2-8(10)13-3-6/h2-5H,11H2,1H3. The van der Waals surface area contributed by atoms with Crippen molar-refractivity contribution in [3.8, 4) is 10.6 Å². The predicted octanol–water partition coefficient (Wildman–Crippen LogP) is 3.65. The van der Waals surface area contributed by atoms with Crippen LogP contribution in [0.15, 0.2) is 20.6 Å². The molecule has 0 aliphatic heterocycles. The van der Waals surface area contributed by atoms with Crippen LogP contribution in [0.2, 0.25) is 0 Å². The molecule has 0 spiro atoms. The summed E-state index contributed by atoms with van der Waals surface area (Å²) in [5, 5.41) is 5.15. The number of thiazole rings is 1. The first-order chi connectivity index (χ1) is 6.66. The van der Waals surface area contributed by atoms with Crippen molar-refractivity contribution in [1.82, 2.24) is 4.98 Å². The first-order valence-electron chi connectivity index (χ1n) is 4.12. The maximum atomic E-state index is 5.75. The van der Waals surface area contributed by atoms with Crippen molar-refractivity contribution in [2.45, 2.75) is 13.0 Å². The van der Waals surface area contributed by atoms with Gasteiger partial charge in [-0.1, -0.05) is 0 Å². The number of rotatable bonds is 2. The molecule has 2 aromatic heterocycles. The Hall–Kier alpha value is -0.230. The van der Waals surface area contributed by atoms with Gasteiger partial charge in [0.1, 0.15) is 5.01 Å². The van der Waals surface area contributed by atoms with E-state index in [1.807, 2.05) is 12.3 Å². The number of hydrogen-bond donors (Lipinski definition) is 1. The smallest absolute Gasteiger partial charge is 0.124 e. The fourth-order valence-corrected chi connectivity index (χ4v) is 3.18. The highest BCUT2D eigenvalue weighted by Crippen LogP contribution is 2.31. The molecule has 0 saturated heterocycles. The van der Waals surface area contributed by atoms with E-state index in [-0.39, 0.29) is 6.04 Å². The van der Waals surface area contributed by atoms with Gasteiger partial charge in [-0.25, -0.2) is 4.98 Å². The summed E-state index contributed by atoms with van der Waals surface area (Å²) in [5.41, 5.74) is 7.88. The molecule has 0 bridgehead atoms. The van der Waals surface area contributed by atoms with Crippen molar-refractivity contribution >= 4 is 38.6 Å². The van der Waals surface area contributed by atoms with Gasteiger partial charge in [-0.2, -0.15) is 0 Å². The molecule has 14 heavy (non-hydrogen) atoms. The summed E-state index contributed by atoms with van der Waals surface area (Å²) in [6.45, 7) is 1.95. The Morgan fingerprint density at radius 3 is 2.71 bits per heavy atom. The Bertz CT molecular complexity index is 433. The second kappa shape index (κ2) is 4.10. The molecule has 0 aliphatic carbocycles. The van der Waals surface area contributed by atoms with Gasteiger partial charge in [-0.15, -0.1) is 22.7 Å². The van der Waals surface area contributed by atoms with Crippen LogP contribution in [0.5, 0.6) is 0 Å². The van der Waals surface area contributed by atoms with Gasteiger partial charge in [-0.05, 0) is 28.9 Å². The number of aromatic nitrogens is 1. The Morgan fingerprint density at radius 2 is 2.21 bits per heavy atom. The van der Waals surface area contributed by atoms with Gasteiger partial charge in [-0.3, -0.25) is 0 Å². The van der Waals surface area contributed by atoms with E-state index in [4.69, 9.17) is 5.73 Å². The monoisotopic (exact) mass is 288 g/mol. The number of hydrogen-bond acceptors (Lipinski definition) is 4. The van der Waals surface area contributed by atoms with Crippen molar-refractivity contribution < 1.29 is 0 Å². The van der Waals surface area contributed by atoms with Gasteiger partial charge in [0.2, 0.25) is 0 Å². The fourth-order valence-electron chi connectivity index (χ4n) is 1.05. The van der Waals surface area contributed by atoms with Crippen LogP contribution in [-0.4, -0.2) is 4.98 Å². The summed E-state index contributed by atoms with van der Waals surface area (Å²) in [7, 11) is 0. The molecular weight excluding hydrogens is 280 g/mol.